The van der Waals surface area contributed by atoms with Gasteiger partial charge in [0.25, 0.3) is 5.69 Å². The lowest BCUT2D eigenvalue weighted by molar-refractivity contribution is -0.393. The molecule has 1 fully saturated rings. The maximum absolute atomic E-state index is 12.3. The molecule has 1 heterocycles. The van der Waals surface area contributed by atoms with Gasteiger partial charge in [-0.1, -0.05) is 0 Å². The third-order valence-electron chi connectivity index (χ3n) is 4.12. The van der Waals surface area contributed by atoms with Gasteiger partial charge in [-0.05, 0) is 35.9 Å². The molecule has 2 aromatic carbocycles. The Kier molecular flexibility index (Phi) is 5.54. The Bertz CT molecular complexity index is 1120. The minimum atomic E-state index is -1.60. The van der Waals surface area contributed by atoms with Crippen molar-refractivity contribution in [2.45, 2.75) is 0 Å². The van der Waals surface area contributed by atoms with Gasteiger partial charge in [-0.25, -0.2) is 4.79 Å². The number of carbonyl (C=O) groups is 3. The average molecular weight is 428 g/mol. The number of hydrogen-bond donors (Lipinski definition) is 4. The largest absolute Gasteiger partial charge is 0.508 e. The van der Waals surface area contributed by atoms with E-state index in [1.807, 2.05) is 10.6 Å². The zero-order valence-corrected chi connectivity index (χ0v) is 15.3. The number of nitrogens with zero attached hydrogens (tertiary/aromatic N) is 3. The zero-order valence-electron chi connectivity index (χ0n) is 15.3. The van der Waals surface area contributed by atoms with E-state index in [2.05, 4.69) is 10.5 Å². The van der Waals surface area contributed by atoms with E-state index in [1.54, 1.807) is 0 Å². The molecule has 158 valence electrons. The molecule has 0 aliphatic carbocycles. The third kappa shape index (κ3) is 4.42. The molecule has 31 heavy (non-hydrogen) atoms. The highest BCUT2D eigenvalue weighted by Crippen LogP contribution is 2.29. The van der Waals surface area contributed by atoms with E-state index in [0.29, 0.717) is 0 Å². The van der Waals surface area contributed by atoms with Crippen molar-refractivity contribution >= 4 is 40.6 Å². The summed E-state index contributed by atoms with van der Waals surface area (Å²) in [6, 6.07) is 6.91. The highest BCUT2D eigenvalue weighted by atomic mass is 16.6. The van der Waals surface area contributed by atoms with E-state index in [-0.39, 0.29) is 22.7 Å². The average Bonchev–Trinajstić information content (AvgIpc) is 2.70. The normalized spacial score (nSPS) is 14.6. The molecule has 14 nitrogen and oxygen atoms in total. The number of nitro benzene ring substituents is 2. The second kappa shape index (κ2) is 8.24. The molecule has 2 aromatic rings. The number of nitro groups is 2. The number of barbiturate groups is 1. The van der Waals surface area contributed by atoms with Crippen molar-refractivity contribution in [1.82, 2.24) is 10.6 Å². The third-order valence-corrected chi connectivity index (χ3v) is 4.12. The van der Waals surface area contributed by atoms with Gasteiger partial charge in [0, 0.05) is 6.07 Å². The molecule has 14 heteroatoms. The SMILES string of the molecule is O=C1NC(=O)C(/C(=N\Nc2ccc([N+](=O)[O-])cc2[N+](=O)[O-])c2ccc(O)cc2)C(=O)N1. The van der Waals surface area contributed by atoms with E-state index < -0.39 is 45.0 Å². The predicted octanol–water partition coefficient (Wildman–Crippen LogP) is 1.01. The number of benzene rings is 2. The topological polar surface area (TPSA) is 206 Å². The fraction of sp³-hybridized carbons (Fsp3) is 0.0588. The van der Waals surface area contributed by atoms with Gasteiger partial charge in [0.15, 0.2) is 5.92 Å². The van der Waals surface area contributed by atoms with E-state index in [1.165, 1.54) is 24.3 Å². The molecule has 1 aliphatic rings. The van der Waals surface area contributed by atoms with E-state index >= 15 is 0 Å². The number of urea groups is 1. The number of hydrogen-bond acceptors (Lipinski definition) is 10. The van der Waals surface area contributed by atoms with Crippen molar-refractivity contribution in [2.24, 2.45) is 11.0 Å². The van der Waals surface area contributed by atoms with Gasteiger partial charge < -0.3 is 5.11 Å². The summed E-state index contributed by atoms with van der Waals surface area (Å²) in [6.45, 7) is 0. The molecule has 0 bridgehead atoms. The molecular weight excluding hydrogens is 416 g/mol. The number of imide groups is 2. The lowest BCUT2D eigenvalue weighted by Gasteiger charge is -2.22. The lowest BCUT2D eigenvalue weighted by atomic mass is 9.94. The highest BCUT2D eigenvalue weighted by Gasteiger charge is 2.39. The first-order valence-electron chi connectivity index (χ1n) is 8.39. The van der Waals surface area contributed by atoms with E-state index in [4.69, 9.17) is 0 Å². The van der Waals surface area contributed by atoms with Crippen LogP contribution in [0.3, 0.4) is 0 Å². The van der Waals surface area contributed by atoms with Crippen molar-refractivity contribution in [3.63, 3.8) is 0 Å². The summed E-state index contributed by atoms with van der Waals surface area (Å²) < 4.78 is 0. The van der Waals surface area contributed by atoms with Gasteiger partial charge in [-0.15, -0.1) is 0 Å². The molecule has 4 amide bonds. The Hall–Kier alpha value is -4.88. The zero-order chi connectivity index (χ0) is 22.7. The number of hydrazone groups is 1. The molecule has 3 rings (SSSR count). The summed E-state index contributed by atoms with van der Waals surface area (Å²) >= 11 is 0. The van der Waals surface area contributed by atoms with Gasteiger partial charge in [-0.2, -0.15) is 5.10 Å². The summed E-state index contributed by atoms with van der Waals surface area (Å²) in [5.41, 5.74) is 0.849. The number of rotatable bonds is 6. The predicted molar refractivity (Wildman–Crippen MR) is 103 cm³/mol. The Labute approximate surface area is 171 Å². The Morgan fingerprint density at radius 1 is 0.968 bits per heavy atom. The van der Waals surface area contributed by atoms with Crippen LogP contribution in [-0.4, -0.2) is 38.5 Å². The molecular formula is C17H12N6O8. The summed E-state index contributed by atoms with van der Waals surface area (Å²) in [7, 11) is 0. The molecule has 0 unspecified atom stereocenters. The number of non-ortho nitro benzene ring substituents is 1. The monoisotopic (exact) mass is 428 g/mol. The van der Waals surface area contributed by atoms with Crippen LogP contribution in [0, 0.1) is 26.1 Å². The number of aromatic hydroxyl groups is 1. The van der Waals surface area contributed by atoms with Crippen LogP contribution in [0.25, 0.3) is 0 Å². The second-order valence-electron chi connectivity index (χ2n) is 6.11. The standard InChI is InChI=1S/C17H12N6O8/c24-10-4-1-8(2-5-10)14(13-15(25)18-17(27)19-16(13)26)21-20-11-6-3-9(22(28)29)7-12(11)23(30)31/h1-7,13,20,24H,(H2,18,19,25,26,27)/b21-14-. The van der Waals surface area contributed by atoms with Crippen LogP contribution in [-0.2, 0) is 9.59 Å². The highest BCUT2D eigenvalue weighted by molar-refractivity contribution is 6.31. The molecule has 1 aliphatic heterocycles. The number of amides is 4. The van der Waals surface area contributed by atoms with Crippen LogP contribution in [0.5, 0.6) is 5.75 Å². The maximum atomic E-state index is 12.3. The molecule has 0 aromatic heterocycles. The van der Waals surface area contributed by atoms with Gasteiger partial charge >= 0.3 is 11.7 Å². The first kappa shape index (κ1) is 20.8. The van der Waals surface area contributed by atoms with E-state index in [0.717, 1.165) is 18.2 Å². The lowest BCUT2D eigenvalue weighted by Crippen LogP contribution is -2.58. The van der Waals surface area contributed by atoms with Gasteiger partial charge in [-0.3, -0.25) is 45.9 Å². The van der Waals surface area contributed by atoms with Crippen LogP contribution >= 0.6 is 0 Å². The number of nitrogens with one attached hydrogen (secondary N) is 3. The summed E-state index contributed by atoms with van der Waals surface area (Å²) in [6.07, 6.45) is 0. The molecule has 0 saturated carbocycles. The van der Waals surface area contributed by atoms with Crippen LogP contribution in [0.1, 0.15) is 5.56 Å². The smallest absolute Gasteiger partial charge is 0.328 e. The summed E-state index contributed by atoms with van der Waals surface area (Å²) in [5, 5.41) is 39.4. The van der Waals surface area contributed by atoms with Crippen LogP contribution in [0.2, 0.25) is 0 Å². The Morgan fingerprint density at radius 2 is 1.58 bits per heavy atom. The fourth-order valence-electron chi connectivity index (χ4n) is 2.69. The molecule has 4 N–H and O–H groups in total. The van der Waals surface area contributed by atoms with Gasteiger partial charge in [0.2, 0.25) is 11.8 Å². The summed E-state index contributed by atoms with van der Waals surface area (Å²) in [5.74, 6) is -3.69. The van der Waals surface area contributed by atoms with Crippen molar-refractivity contribution in [2.75, 3.05) is 5.43 Å². The van der Waals surface area contributed by atoms with Crippen LogP contribution < -0.4 is 16.1 Å². The minimum Gasteiger partial charge on any atom is -0.508 e. The quantitative estimate of drug-likeness (QED) is 0.224. The number of phenols is 1. The first-order chi connectivity index (χ1) is 14.7. The fourth-order valence-corrected chi connectivity index (χ4v) is 2.69. The van der Waals surface area contributed by atoms with Crippen LogP contribution in [0.4, 0.5) is 21.9 Å². The Morgan fingerprint density at radius 3 is 2.13 bits per heavy atom. The van der Waals surface area contributed by atoms with Crippen molar-refractivity contribution in [3.8, 4) is 5.75 Å². The number of carbonyl (C=O) groups excluding carboxylic acids is 3. The minimum absolute atomic E-state index is 0.116. The molecule has 0 atom stereocenters. The Balaban J connectivity index is 2.06. The molecule has 1 saturated heterocycles. The van der Waals surface area contributed by atoms with Crippen molar-refractivity contribution in [3.05, 3.63) is 68.3 Å². The maximum Gasteiger partial charge on any atom is 0.328 e. The number of anilines is 1. The second-order valence-corrected chi connectivity index (χ2v) is 6.11. The summed E-state index contributed by atoms with van der Waals surface area (Å²) in [4.78, 5) is 56.4. The molecule has 0 radical (unpaired) electrons. The van der Waals surface area contributed by atoms with Gasteiger partial charge in [0.1, 0.15) is 11.4 Å². The molecule has 0 spiro atoms. The van der Waals surface area contributed by atoms with Crippen LogP contribution in [0.15, 0.2) is 47.6 Å². The van der Waals surface area contributed by atoms with E-state index in [9.17, 15) is 39.7 Å². The van der Waals surface area contributed by atoms with Crippen molar-refractivity contribution in [1.29, 1.82) is 0 Å². The van der Waals surface area contributed by atoms with Gasteiger partial charge in [0.05, 0.1) is 21.6 Å². The first-order valence-corrected chi connectivity index (χ1v) is 8.39. The number of phenolic OH excluding ortho intramolecular Hbond substituents is 1. The van der Waals surface area contributed by atoms with Crippen molar-refractivity contribution < 1.29 is 29.3 Å².